The van der Waals surface area contributed by atoms with Crippen LogP contribution in [0.1, 0.15) is 34.0 Å². The van der Waals surface area contributed by atoms with Crippen LogP contribution in [0, 0.1) is 0 Å². The minimum Gasteiger partial charge on any atom is -0.593 e. The molecule has 1 aliphatic rings. The van der Waals surface area contributed by atoms with Crippen LogP contribution in [0.2, 0.25) is 0 Å². The molecule has 1 heterocycles. The van der Waals surface area contributed by atoms with Crippen molar-refractivity contribution in [1.29, 1.82) is 0 Å². The molecule has 1 unspecified atom stereocenters. The van der Waals surface area contributed by atoms with E-state index in [1.807, 2.05) is 67.6 Å². The number of piperazine rings is 1. The maximum absolute atomic E-state index is 12.6. The monoisotopic (exact) mass is 556 g/mol. The van der Waals surface area contributed by atoms with E-state index in [9.17, 15) is 14.5 Å². The lowest BCUT2D eigenvalue weighted by Crippen LogP contribution is -2.46. The number of nitrogens with zero attached hydrogens (tertiary/aromatic N) is 3. The predicted molar refractivity (Wildman–Crippen MR) is 165 cm³/mol. The van der Waals surface area contributed by atoms with E-state index in [1.165, 1.54) is 6.21 Å². The number of aliphatic hydroxyl groups excluding tert-OH is 1. The fourth-order valence-electron chi connectivity index (χ4n) is 4.60. The van der Waals surface area contributed by atoms with Crippen LogP contribution in [-0.2, 0) is 23.7 Å². The van der Waals surface area contributed by atoms with Gasteiger partial charge in [0.05, 0.1) is 17.6 Å². The number of carbonyl (C=O) groups excluding carboxylic acids is 1. The molecule has 2 N–H and O–H groups in total. The van der Waals surface area contributed by atoms with Gasteiger partial charge in [0.2, 0.25) is 0 Å². The molecule has 208 valence electrons. The van der Waals surface area contributed by atoms with Gasteiger partial charge >= 0.3 is 0 Å². The van der Waals surface area contributed by atoms with E-state index in [0.717, 1.165) is 60.7 Å². The van der Waals surface area contributed by atoms with E-state index >= 15 is 0 Å². The van der Waals surface area contributed by atoms with Gasteiger partial charge in [-0.05, 0) is 54.0 Å². The summed E-state index contributed by atoms with van der Waals surface area (Å²) in [5.41, 5.74) is 5.39. The first-order chi connectivity index (χ1) is 19.4. The maximum Gasteiger partial charge on any atom is 0.292 e. The van der Waals surface area contributed by atoms with Gasteiger partial charge in [-0.15, -0.1) is 0 Å². The molecular formula is C32H36N4O3S. The number of anilines is 1. The number of aliphatic hydroxyl groups is 1. The average molecular weight is 557 g/mol. The molecule has 4 rings (SSSR count). The number of benzene rings is 3. The maximum atomic E-state index is 12.6. The Bertz CT molecular complexity index is 1330. The Morgan fingerprint density at radius 3 is 2.40 bits per heavy atom. The first-order valence-corrected chi connectivity index (χ1v) is 14.7. The molecule has 0 spiro atoms. The summed E-state index contributed by atoms with van der Waals surface area (Å²) < 4.78 is 14.9. The van der Waals surface area contributed by atoms with Gasteiger partial charge in [-0.1, -0.05) is 61.2 Å². The molecule has 0 saturated carbocycles. The number of hydrogen-bond donors (Lipinski definition) is 2. The minimum absolute atomic E-state index is 0.0965. The summed E-state index contributed by atoms with van der Waals surface area (Å²) >= 11 is -1.48. The van der Waals surface area contributed by atoms with E-state index in [0.29, 0.717) is 12.1 Å². The third-order valence-electron chi connectivity index (χ3n) is 6.70. The smallest absolute Gasteiger partial charge is 0.292 e. The Balaban J connectivity index is 1.29. The quantitative estimate of drug-likeness (QED) is 0.148. The molecule has 0 aromatic heterocycles. The van der Waals surface area contributed by atoms with E-state index < -0.39 is 11.4 Å². The number of aliphatic imine (C=N–C) groups is 1. The molecule has 1 fully saturated rings. The highest BCUT2D eigenvalue weighted by atomic mass is 32.2. The molecular weight excluding hydrogens is 520 g/mol. The first kappa shape index (κ1) is 29.1. The highest BCUT2D eigenvalue weighted by molar-refractivity contribution is 7.89. The Kier molecular flexibility index (Phi) is 10.6. The molecule has 0 bridgehead atoms. The fourth-order valence-corrected chi connectivity index (χ4v) is 5.49. The van der Waals surface area contributed by atoms with Crippen molar-refractivity contribution in [3.8, 4) is 0 Å². The fraction of sp³-hybridized carbons (Fsp3) is 0.250. The first-order valence-electron chi connectivity index (χ1n) is 13.4. The molecule has 3 aromatic carbocycles. The second-order valence-electron chi connectivity index (χ2n) is 9.60. The van der Waals surface area contributed by atoms with Gasteiger partial charge in [-0.2, -0.15) is 4.72 Å². The van der Waals surface area contributed by atoms with Crippen molar-refractivity contribution in [1.82, 2.24) is 9.62 Å². The normalized spacial score (nSPS) is 15.2. The van der Waals surface area contributed by atoms with Crippen molar-refractivity contribution in [2.75, 3.05) is 37.6 Å². The predicted octanol–water partition coefficient (Wildman–Crippen LogP) is 5.15. The van der Waals surface area contributed by atoms with Crippen molar-refractivity contribution in [2.24, 2.45) is 4.99 Å². The van der Waals surface area contributed by atoms with Crippen LogP contribution in [0.4, 0.5) is 5.69 Å². The lowest BCUT2D eigenvalue weighted by Gasteiger charge is -2.36. The molecule has 1 amide bonds. The van der Waals surface area contributed by atoms with Crippen LogP contribution in [0.3, 0.4) is 0 Å². The molecule has 3 aromatic rings. The molecule has 40 heavy (non-hydrogen) atoms. The standard InChI is InChI=1S/C32H36N4O3S/c1-3-33-22-30(37)21-25(2)31-12-8-7-11-28(31)23-35-17-19-36(20-18-35)29-15-13-27(14-16-29)32(38)34-40(39)24-26-9-5-4-6-10-26/h4-16,21-22,37H,2-3,17-20,23-24H2,1H3,(H,34,38)/b30-21+,33-22+. The van der Waals surface area contributed by atoms with Crippen molar-refractivity contribution in [3.63, 3.8) is 0 Å². The highest BCUT2D eigenvalue weighted by Crippen LogP contribution is 2.23. The summed E-state index contributed by atoms with van der Waals surface area (Å²) in [6, 6.07) is 25.1. The number of rotatable bonds is 11. The Morgan fingerprint density at radius 2 is 1.70 bits per heavy atom. The zero-order valence-corrected chi connectivity index (χ0v) is 23.6. The molecule has 8 heteroatoms. The Morgan fingerprint density at radius 1 is 1.02 bits per heavy atom. The van der Waals surface area contributed by atoms with Gasteiger partial charge in [-0.25, -0.2) is 0 Å². The summed E-state index contributed by atoms with van der Waals surface area (Å²) in [4.78, 5) is 21.4. The van der Waals surface area contributed by atoms with Gasteiger partial charge in [0.25, 0.3) is 5.91 Å². The molecule has 1 aliphatic heterocycles. The zero-order valence-electron chi connectivity index (χ0n) is 22.8. The summed E-state index contributed by atoms with van der Waals surface area (Å²) in [6.45, 7) is 11.0. The van der Waals surface area contributed by atoms with E-state index in [1.54, 1.807) is 18.2 Å². The van der Waals surface area contributed by atoms with Crippen molar-refractivity contribution in [3.05, 3.63) is 120 Å². The van der Waals surface area contributed by atoms with E-state index in [-0.39, 0.29) is 17.4 Å². The van der Waals surface area contributed by atoms with Gasteiger partial charge in [-0.3, -0.25) is 14.7 Å². The Hall–Kier alpha value is -3.85. The third kappa shape index (κ3) is 8.32. The lowest BCUT2D eigenvalue weighted by atomic mass is 9.99. The summed E-state index contributed by atoms with van der Waals surface area (Å²) in [6.07, 6.45) is 3.11. The average Bonchev–Trinajstić information content (AvgIpc) is 2.97. The Labute approximate surface area is 239 Å². The van der Waals surface area contributed by atoms with Crippen LogP contribution in [0.15, 0.2) is 102 Å². The van der Waals surface area contributed by atoms with Gasteiger partial charge in [0.15, 0.2) is 5.75 Å². The summed E-state index contributed by atoms with van der Waals surface area (Å²) in [5, 5.41) is 10.1. The number of allylic oxidation sites excluding steroid dienone is 3. The van der Waals surface area contributed by atoms with Crippen molar-refractivity contribution >= 4 is 34.7 Å². The van der Waals surface area contributed by atoms with Crippen molar-refractivity contribution in [2.45, 2.75) is 19.2 Å². The number of hydrogen-bond acceptors (Lipinski definition) is 6. The number of amides is 1. The van der Waals surface area contributed by atoms with Gasteiger partial charge in [0, 0.05) is 56.1 Å². The molecule has 1 atom stereocenters. The SMILES string of the molecule is C=C(/C=C(O)\C=N\CC)c1ccccc1CN1CCN(c2ccc(C(=O)N[S+]([O-])Cc3ccccc3)cc2)CC1. The van der Waals surface area contributed by atoms with Crippen molar-refractivity contribution < 1.29 is 14.5 Å². The van der Waals surface area contributed by atoms with Gasteiger partial charge in [0.1, 0.15) is 5.76 Å². The van der Waals surface area contributed by atoms with E-state index in [4.69, 9.17) is 0 Å². The molecule has 0 aliphatic carbocycles. The topological polar surface area (TPSA) is 91.2 Å². The molecule has 7 nitrogen and oxygen atoms in total. The van der Waals surface area contributed by atoms with Gasteiger partial charge < -0.3 is 14.6 Å². The highest BCUT2D eigenvalue weighted by Gasteiger charge is 2.20. The number of carbonyl (C=O) groups is 1. The summed E-state index contributed by atoms with van der Waals surface area (Å²) in [7, 11) is 0. The lowest BCUT2D eigenvalue weighted by molar-refractivity contribution is 0.0981. The third-order valence-corrected chi connectivity index (χ3v) is 7.71. The number of nitrogens with one attached hydrogen (secondary N) is 1. The molecule has 0 radical (unpaired) electrons. The molecule has 1 saturated heterocycles. The minimum atomic E-state index is -1.48. The van der Waals surface area contributed by atoms with Crippen LogP contribution in [0.25, 0.3) is 5.57 Å². The second-order valence-corrected chi connectivity index (χ2v) is 10.8. The van der Waals surface area contributed by atoms with Crippen LogP contribution >= 0.6 is 0 Å². The van der Waals surface area contributed by atoms with E-state index in [2.05, 4.69) is 32.2 Å². The largest absolute Gasteiger partial charge is 0.593 e. The summed E-state index contributed by atoms with van der Waals surface area (Å²) in [5.74, 6) is 0.0337. The second kappa shape index (κ2) is 14.5. The van der Waals surface area contributed by atoms with Crippen LogP contribution < -0.4 is 9.62 Å². The van der Waals surface area contributed by atoms with Crippen LogP contribution in [0.5, 0.6) is 0 Å². The zero-order chi connectivity index (χ0) is 28.3. The van der Waals surface area contributed by atoms with Crippen LogP contribution in [-0.4, -0.2) is 59.4 Å².